The van der Waals surface area contributed by atoms with Crippen molar-refractivity contribution in [1.82, 2.24) is 24.6 Å². The smallest absolute Gasteiger partial charge is 0.406 e. The number of aliphatic hydroxyl groups is 1. The molecule has 0 amide bonds. The van der Waals surface area contributed by atoms with Crippen LogP contribution in [-0.2, 0) is 29.7 Å². The number of imidazole rings is 1. The number of rotatable bonds is 13. The minimum atomic E-state index is -3.77. The second-order valence-electron chi connectivity index (χ2n) is 9.16. The number of aliphatic hydroxyl groups excluding tert-OH is 1. The number of aromatic nitrogens is 4. The van der Waals surface area contributed by atoms with Crippen LogP contribution in [0.1, 0.15) is 32.1 Å². The summed E-state index contributed by atoms with van der Waals surface area (Å²) in [6.45, 7) is 3.23. The van der Waals surface area contributed by atoms with Gasteiger partial charge in [0.1, 0.15) is 30.5 Å². The third kappa shape index (κ3) is 6.99. The standard InChI is InChI=1S/C24H31N6O6PS/c1-24(2,14-31)23(32)38-11-10-34-37(33,29-12-17-6-4-3-5-7-17)35-13-18-8-9-19(36-18)30-16-28-20-21(25)26-15-27-22(20)30/h3-8,15-16,19,31H,9-14H2,1-2H3,(H,29,33)(H2,25,26,27)/t19-,37?/m0/s1. The number of ether oxygens (including phenoxy) is 1. The lowest BCUT2D eigenvalue weighted by Gasteiger charge is -2.21. The fourth-order valence-electron chi connectivity index (χ4n) is 3.46. The van der Waals surface area contributed by atoms with E-state index in [9.17, 15) is 14.5 Å². The number of thioether (sulfide) groups is 1. The minimum absolute atomic E-state index is 0.00165. The molecule has 2 atom stereocenters. The molecule has 0 spiro atoms. The Kier molecular flexibility index (Phi) is 9.19. The van der Waals surface area contributed by atoms with Crippen LogP contribution in [0, 0.1) is 5.41 Å². The van der Waals surface area contributed by atoms with Gasteiger partial charge in [-0.15, -0.1) is 0 Å². The maximum atomic E-state index is 13.5. The van der Waals surface area contributed by atoms with Crippen LogP contribution in [-0.4, -0.2) is 55.3 Å². The Labute approximate surface area is 224 Å². The van der Waals surface area contributed by atoms with Gasteiger partial charge in [-0.05, 0) is 25.5 Å². The highest BCUT2D eigenvalue weighted by Crippen LogP contribution is 2.45. The van der Waals surface area contributed by atoms with Crippen LogP contribution in [0.5, 0.6) is 0 Å². The van der Waals surface area contributed by atoms with Gasteiger partial charge < -0.3 is 15.6 Å². The summed E-state index contributed by atoms with van der Waals surface area (Å²) in [6.07, 6.45) is 4.90. The van der Waals surface area contributed by atoms with Crippen molar-refractivity contribution in [3.8, 4) is 0 Å². The molecule has 4 rings (SSSR count). The summed E-state index contributed by atoms with van der Waals surface area (Å²) >= 11 is 1.01. The highest BCUT2D eigenvalue weighted by molar-refractivity contribution is 8.13. The summed E-state index contributed by atoms with van der Waals surface area (Å²) in [5, 5.41) is 12.1. The van der Waals surface area contributed by atoms with E-state index in [0.717, 1.165) is 17.3 Å². The molecule has 0 radical (unpaired) electrons. The van der Waals surface area contributed by atoms with Gasteiger partial charge in [0.25, 0.3) is 0 Å². The van der Waals surface area contributed by atoms with Crippen molar-refractivity contribution < 1.29 is 28.3 Å². The molecule has 1 aliphatic rings. The number of nitrogens with one attached hydrogen (secondary N) is 1. The van der Waals surface area contributed by atoms with Crippen molar-refractivity contribution >= 4 is 41.6 Å². The Hall–Kier alpha value is -2.80. The van der Waals surface area contributed by atoms with Crippen molar-refractivity contribution in [3.63, 3.8) is 0 Å². The van der Waals surface area contributed by atoms with E-state index in [2.05, 4.69) is 20.0 Å². The molecule has 14 heteroatoms. The highest BCUT2D eigenvalue weighted by atomic mass is 32.2. The lowest BCUT2D eigenvalue weighted by atomic mass is 9.97. The number of nitrogens with zero attached hydrogens (tertiary/aromatic N) is 4. The number of fused-ring (bicyclic) bond motifs is 1. The molecule has 204 valence electrons. The maximum Gasteiger partial charge on any atom is 0.406 e. The average molecular weight is 563 g/mol. The summed E-state index contributed by atoms with van der Waals surface area (Å²) in [6, 6.07) is 9.43. The Morgan fingerprint density at radius 1 is 1.29 bits per heavy atom. The van der Waals surface area contributed by atoms with Crippen LogP contribution in [0.3, 0.4) is 0 Å². The molecular weight excluding hydrogens is 531 g/mol. The Morgan fingerprint density at radius 2 is 2.08 bits per heavy atom. The van der Waals surface area contributed by atoms with Crippen molar-refractivity contribution in [2.45, 2.75) is 33.0 Å². The van der Waals surface area contributed by atoms with E-state index in [1.54, 1.807) is 24.7 Å². The zero-order valence-corrected chi connectivity index (χ0v) is 22.9. The third-order valence-electron chi connectivity index (χ3n) is 5.75. The first-order chi connectivity index (χ1) is 18.2. The number of benzene rings is 1. The normalized spacial score (nSPS) is 17.2. The van der Waals surface area contributed by atoms with Gasteiger partial charge in [-0.25, -0.2) is 24.6 Å². The second kappa shape index (κ2) is 12.4. The third-order valence-corrected chi connectivity index (χ3v) is 8.48. The van der Waals surface area contributed by atoms with Crippen LogP contribution in [0.15, 0.2) is 54.8 Å². The van der Waals surface area contributed by atoms with Crippen LogP contribution in [0.25, 0.3) is 11.2 Å². The molecule has 0 bridgehead atoms. The number of hydrogen-bond acceptors (Lipinski definition) is 11. The van der Waals surface area contributed by atoms with Crippen molar-refractivity contribution in [3.05, 3.63) is 60.4 Å². The van der Waals surface area contributed by atoms with Crippen LogP contribution in [0.2, 0.25) is 0 Å². The first kappa shape index (κ1) is 28.2. The molecule has 3 heterocycles. The molecule has 1 aromatic carbocycles. The number of anilines is 1. The molecule has 4 N–H and O–H groups in total. The van der Waals surface area contributed by atoms with Gasteiger partial charge in [-0.1, -0.05) is 42.1 Å². The van der Waals surface area contributed by atoms with E-state index >= 15 is 0 Å². The molecule has 0 aliphatic carbocycles. The summed E-state index contributed by atoms with van der Waals surface area (Å²) in [5.74, 6) is 1.02. The number of nitrogens with two attached hydrogens (primary N) is 1. The van der Waals surface area contributed by atoms with E-state index < -0.39 is 19.4 Å². The lowest BCUT2D eigenvalue weighted by molar-refractivity contribution is -0.119. The number of carbonyl (C=O) groups is 1. The van der Waals surface area contributed by atoms with E-state index in [4.69, 9.17) is 19.5 Å². The average Bonchev–Trinajstić information content (AvgIpc) is 3.57. The number of hydrogen-bond donors (Lipinski definition) is 3. The van der Waals surface area contributed by atoms with Gasteiger partial charge in [0.15, 0.2) is 22.8 Å². The van der Waals surface area contributed by atoms with Gasteiger partial charge in [0, 0.05) is 18.7 Å². The maximum absolute atomic E-state index is 13.5. The second-order valence-corrected chi connectivity index (χ2v) is 12.1. The predicted octanol–water partition coefficient (Wildman–Crippen LogP) is 3.42. The Balaban J connectivity index is 1.35. The minimum Gasteiger partial charge on any atom is -0.472 e. The van der Waals surface area contributed by atoms with Gasteiger partial charge in [0.2, 0.25) is 0 Å². The van der Waals surface area contributed by atoms with Crippen molar-refractivity contribution in [1.29, 1.82) is 0 Å². The van der Waals surface area contributed by atoms with Gasteiger partial charge in [0.05, 0.1) is 18.6 Å². The topological polar surface area (TPSA) is 164 Å². The number of nitrogen functional groups attached to an aromatic ring is 1. The van der Waals surface area contributed by atoms with E-state index in [0.29, 0.717) is 23.3 Å². The van der Waals surface area contributed by atoms with Crippen molar-refractivity contribution in [2.24, 2.45) is 5.41 Å². The first-order valence-electron chi connectivity index (χ1n) is 12.0. The van der Waals surface area contributed by atoms with Gasteiger partial charge in [-0.3, -0.25) is 18.4 Å². The molecule has 1 aliphatic heterocycles. The van der Waals surface area contributed by atoms with E-state index in [-0.39, 0.29) is 43.1 Å². The summed E-state index contributed by atoms with van der Waals surface area (Å²) in [7, 11) is -3.77. The highest BCUT2D eigenvalue weighted by Gasteiger charge is 2.30. The molecule has 3 aromatic rings. The predicted molar refractivity (Wildman–Crippen MR) is 144 cm³/mol. The van der Waals surface area contributed by atoms with Gasteiger partial charge in [-0.2, -0.15) is 0 Å². The number of carbonyl (C=O) groups excluding carboxylic acids is 1. The molecule has 2 aromatic heterocycles. The molecular formula is C24H31N6O6PS. The first-order valence-corrected chi connectivity index (χ1v) is 14.5. The Morgan fingerprint density at radius 3 is 2.84 bits per heavy atom. The molecule has 12 nitrogen and oxygen atoms in total. The fraction of sp³-hybridized carbons (Fsp3) is 0.417. The van der Waals surface area contributed by atoms with Crippen LogP contribution >= 0.6 is 19.5 Å². The monoisotopic (exact) mass is 562 g/mol. The molecule has 1 unspecified atom stereocenters. The molecule has 38 heavy (non-hydrogen) atoms. The zero-order chi connectivity index (χ0) is 27.2. The molecule has 0 fully saturated rings. The summed E-state index contributed by atoms with van der Waals surface area (Å²) in [4.78, 5) is 24.7. The summed E-state index contributed by atoms with van der Waals surface area (Å²) < 4.78 is 32.7. The summed E-state index contributed by atoms with van der Waals surface area (Å²) in [5.41, 5.74) is 6.95. The molecule has 0 saturated heterocycles. The fourth-order valence-corrected chi connectivity index (χ4v) is 5.65. The SMILES string of the molecule is CC(C)(CO)C(=O)SCCOP(=O)(NCc1ccccc1)OCC1=CC[C@@H](n2cnc3c(N)ncnc32)O1. The lowest BCUT2D eigenvalue weighted by Crippen LogP contribution is -2.26. The van der Waals surface area contributed by atoms with E-state index in [1.165, 1.54) is 6.33 Å². The van der Waals surface area contributed by atoms with Crippen molar-refractivity contribution in [2.75, 3.05) is 31.3 Å². The quantitative estimate of drug-likeness (QED) is 0.206. The van der Waals surface area contributed by atoms with Gasteiger partial charge >= 0.3 is 7.75 Å². The zero-order valence-electron chi connectivity index (χ0n) is 21.1. The largest absolute Gasteiger partial charge is 0.472 e. The Bertz CT molecular complexity index is 1330. The van der Waals surface area contributed by atoms with Crippen LogP contribution < -0.4 is 10.8 Å². The van der Waals surface area contributed by atoms with Crippen LogP contribution in [0.4, 0.5) is 5.82 Å². The van der Waals surface area contributed by atoms with E-state index in [1.807, 2.05) is 36.4 Å². The molecule has 0 saturated carbocycles.